The zero-order chi connectivity index (χ0) is 23.5. The molecule has 0 aliphatic heterocycles. The minimum absolute atomic E-state index is 0.0920. The van der Waals surface area contributed by atoms with Crippen LogP contribution >= 0.6 is 0 Å². The molecule has 0 aliphatic carbocycles. The minimum Gasteiger partial charge on any atom is -0.495 e. The number of anilines is 1. The lowest BCUT2D eigenvalue weighted by atomic mass is 10.1. The third-order valence-electron chi connectivity index (χ3n) is 5.46. The number of rotatable bonds is 6. The van der Waals surface area contributed by atoms with Crippen molar-refractivity contribution in [1.82, 2.24) is 4.57 Å². The van der Waals surface area contributed by atoms with E-state index in [4.69, 9.17) is 9.47 Å². The normalized spacial score (nSPS) is 11.8. The summed E-state index contributed by atoms with van der Waals surface area (Å²) in [6, 6.07) is 19.6. The van der Waals surface area contributed by atoms with Crippen LogP contribution in [0.25, 0.3) is 21.8 Å². The van der Waals surface area contributed by atoms with Gasteiger partial charge in [-0.05, 0) is 55.8 Å². The Morgan fingerprint density at radius 1 is 0.970 bits per heavy atom. The molecule has 4 rings (SSSR count). The number of nitrogens with zero attached hydrogens (tertiary/aromatic N) is 1. The molecule has 0 fully saturated rings. The summed E-state index contributed by atoms with van der Waals surface area (Å²) in [5.41, 5.74) is 2.61. The van der Waals surface area contributed by atoms with E-state index in [1.165, 1.54) is 14.0 Å². The second-order valence-corrected chi connectivity index (χ2v) is 7.77. The van der Waals surface area contributed by atoms with E-state index in [1.54, 1.807) is 53.1 Å². The molecule has 1 unspecified atom stereocenters. The van der Waals surface area contributed by atoms with Crippen LogP contribution in [-0.2, 0) is 20.9 Å². The number of para-hydroxylation sites is 2. The smallest absolute Gasteiger partial charge is 0.326 e. The highest BCUT2D eigenvalue weighted by Gasteiger charge is 2.21. The van der Waals surface area contributed by atoms with E-state index in [0.29, 0.717) is 33.2 Å². The Morgan fingerprint density at radius 2 is 1.58 bits per heavy atom. The van der Waals surface area contributed by atoms with Gasteiger partial charge in [0.05, 0.1) is 23.8 Å². The lowest BCUT2D eigenvalue weighted by molar-refractivity contribution is -0.153. The molecule has 0 saturated heterocycles. The van der Waals surface area contributed by atoms with Crippen LogP contribution in [0.2, 0.25) is 0 Å². The van der Waals surface area contributed by atoms with Gasteiger partial charge >= 0.3 is 5.97 Å². The van der Waals surface area contributed by atoms with Crippen molar-refractivity contribution < 1.29 is 19.1 Å². The number of pyridine rings is 1. The average molecular weight is 444 g/mol. The maximum Gasteiger partial charge on any atom is 0.326 e. The fraction of sp³-hybridized carbons (Fsp3) is 0.192. The van der Waals surface area contributed by atoms with Gasteiger partial charge in [0.2, 0.25) is 0 Å². The number of aromatic nitrogens is 1. The highest BCUT2D eigenvalue weighted by atomic mass is 16.5. The van der Waals surface area contributed by atoms with Crippen LogP contribution in [0, 0.1) is 6.92 Å². The Morgan fingerprint density at radius 3 is 2.18 bits per heavy atom. The first-order chi connectivity index (χ1) is 15.9. The molecule has 0 radical (unpaired) electrons. The summed E-state index contributed by atoms with van der Waals surface area (Å²) in [6.07, 6.45) is -1.03. The molecule has 168 valence electrons. The molecule has 4 aromatic rings. The lowest BCUT2D eigenvalue weighted by Crippen LogP contribution is -2.31. The third kappa shape index (κ3) is 4.43. The van der Waals surface area contributed by atoms with Crippen LogP contribution in [0.4, 0.5) is 5.69 Å². The first kappa shape index (κ1) is 22.1. The van der Waals surface area contributed by atoms with Gasteiger partial charge < -0.3 is 19.4 Å². The van der Waals surface area contributed by atoms with Crippen molar-refractivity contribution in [2.24, 2.45) is 0 Å². The Bertz CT molecular complexity index is 1360. The van der Waals surface area contributed by atoms with Gasteiger partial charge in [0.1, 0.15) is 12.3 Å². The highest BCUT2D eigenvalue weighted by Crippen LogP contribution is 2.25. The fourth-order valence-corrected chi connectivity index (χ4v) is 3.82. The van der Waals surface area contributed by atoms with Crippen molar-refractivity contribution in [2.75, 3.05) is 12.4 Å². The molecule has 1 heterocycles. The van der Waals surface area contributed by atoms with E-state index in [9.17, 15) is 14.4 Å². The largest absolute Gasteiger partial charge is 0.495 e. The van der Waals surface area contributed by atoms with Gasteiger partial charge in [0.25, 0.3) is 5.91 Å². The second-order valence-electron chi connectivity index (χ2n) is 7.77. The van der Waals surface area contributed by atoms with Crippen molar-refractivity contribution in [3.63, 3.8) is 0 Å². The quantitative estimate of drug-likeness (QED) is 0.358. The number of amides is 1. The van der Waals surface area contributed by atoms with E-state index in [0.717, 1.165) is 5.56 Å². The number of benzene rings is 3. The van der Waals surface area contributed by atoms with Crippen molar-refractivity contribution in [3.05, 3.63) is 82.5 Å². The summed E-state index contributed by atoms with van der Waals surface area (Å²) in [6.45, 7) is 3.27. The van der Waals surface area contributed by atoms with Crippen molar-refractivity contribution in [3.8, 4) is 5.75 Å². The SMILES string of the molecule is COc1ccc(C)cc1NC(=O)C(C)OC(=O)Cn1c2ccccc2c(=O)c2ccccc21. The van der Waals surface area contributed by atoms with Crippen molar-refractivity contribution in [1.29, 1.82) is 0 Å². The van der Waals surface area contributed by atoms with Crippen molar-refractivity contribution >= 4 is 39.4 Å². The van der Waals surface area contributed by atoms with Crippen LogP contribution in [-0.4, -0.2) is 29.7 Å². The van der Waals surface area contributed by atoms with Crippen LogP contribution in [0.15, 0.2) is 71.5 Å². The lowest BCUT2D eigenvalue weighted by Gasteiger charge is -2.18. The first-order valence-corrected chi connectivity index (χ1v) is 10.5. The topological polar surface area (TPSA) is 86.6 Å². The van der Waals surface area contributed by atoms with E-state index in [1.807, 2.05) is 25.1 Å². The molecule has 1 N–H and O–H groups in total. The summed E-state index contributed by atoms with van der Waals surface area (Å²) < 4.78 is 12.4. The maximum absolute atomic E-state index is 12.9. The summed E-state index contributed by atoms with van der Waals surface area (Å²) in [7, 11) is 1.52. The number of carbonyl (C=O) groups is 2. The Labute approximate surface area is 190 Å². The average Bonchev–Trinajstić information content (AvgIpc) is 2.82. The number of fused-ring (bicyclic) bond motifs is 2. The van der Waals surface area contributed by atoms with Crippen molar-refractivity contribution in [2.45, 2.75) is 26.5 Å². The molecule has 7 heteroatoms. The van der Waals surface area contributed by atoms with Crippen LogP contribution in [0.1, 0.15) is 12.5 Å². The molecule has 1 atom stereocenters. The van der Waals surface area contributed by atoms with E-state index >= 15 is 0 Å². The predicted octanol–water partition coefficient (Wildman–Crippen LogP) is 4.04. The Balaban J connectivity index is 1.57. The molecule has 33 heavy (non-hydrogen) atoms. The van der Waals surface area contributed by atoms with Crippen LogP contribution < -0.4 is 15.5 Å². The summed E-state index contributed by atoms with van der Waals surface area (Å²) in [5.74, 6) is -0.548. The predicted molar refractivity (Wildman–Crippen MR) is 128 cm³/mol. The second kappa shape index (κ2) is 9.16. The minimum atomic E-state index is -1.03. The summed E-state index contributed by atoms with van der Waals surface area (Å²) in [4.78, 5) is 38.3. The fourth-order valence-electron chi connectivity index (χ4n) is 3.82. The van der Waals surface area contributed by atoms with Gasteiger partial charge in [-0.2, -0.15) is 0 Å². The molecule has 1 amide bonds. The van der Waals surface area contributed by atoms with Gasteiger partial charge in [0.15, 0.2) is 11.5 Å². The van der Waals surface area contributed by atoms with Crippen LogP contribution in [0.3, 0.4) is 0 Å². The molecule has 1 aromatic heterocycles. The van der Waals surface area contributed by atoms with Gasteiger partial charge in [-0.15, -0.1) is 0 Å². The number of carbonyl (C=O) groups excluding carboxylic acids is 2. The van der Waals surface area contributed by atoms with E-state index in [2.05, 4.69) is 5.32 Å². The standard InChI is InChI=1S/C26H24N2O5/c1-16-12-13-23(32-3)20(14-16)27-26(31)17(2)33-24(29)15-28-21-10-6-4-8-18(21)25(30)19-9-5-7-11-22(19)28/h4-14,17H,15H2,1-3H3,(H,27,31). The molecule has 0 bridgehead atoms. The molecule has 0 spiro atoms. The third-order valence-corrected chi connectivity index (χ3v) is 5.46. The Kier molecular flexibility index (Phi) is 6.13. The summed E-state index contributed by atoms with van der Waals surface area (Å²) >= 11 is 0. The zero-order valence-electron chi connectivity index (χ0n) is 18.6. The number of hydrogen-bond acceptors (Lipinski definition) is 5. The molecule has 7 nitrogen and oxygen atoms in total. The van der Waals surface area contributed by atoms with Crippen LogP contribution in [0.5, 0.6) is 5.75 Å². The number of esters is 1. The van der Waals surface area contributed by atoms with Gasteiger partial charge in [0, 0.05) is 10.8 Å². The molecular formula is C26H24N2O5. The number of methoxy groups -OCH3 is 1. The number of aryl methyl sites for hydroxylation is 1. The molecular weight excluding hydrogens is 420 g/mol. The molecule has 3 aromatic carbocycles. The number of nitrogens with one attached hydrogen (secondary N) is 1. The zero-order valence-corrected chi connectivity index (χ0v) is 18.6. The first-order valence-electron chi connectivity index (χ1n) is 10.5. The molecule has 0 saturated carbocycles. The van der Waals surface area contributed by atoms with E-state index in [-0.39, 0.29) is 12.0 Å². The highest BCUT2D eigenvalue weighted by molar-refractivity contribution is 5.97. The molecule has 0 aliphatic rings. The maximum atomic E-state index is 12.9. The number of hydrogen-bond donors (Lipinski definition) is 1. The Hall–Kier alpha value is -4.13. The van der Waals surface area contributed by atoms with Gasteiger partial charge in [-0.1, -0.05) is 30.3 Å². The van der Waals surface area contributed by atoms with E-state index < -0.39 is 18.0 Å². The monoisotopic (exact) mass is 444 g/mol. The van der Waals surface area contributed by atoms with Gasteiger partial charge in [-0.25, -0.2) is 0 Å². The van der Waals surface area contributed by atoms with Gasteiger partial charge in [-0.3, -0.25) is 14.4 Å². The summed E-state index contributed by atoms with van der Waals surface area (Å²) in [5, 5.41) is 3.78. The number of ether oxygens (including phenoxy) is 2.